The number of likely N-dealkylation sites (N-methyl/N-ethyl adjacent to an activating group) is 1. The van der Waals surface area contributed by atoms with Gasteiger partial charge in [-0.15, -0.1) is 0 Å². The van der Waals surface area contributed by atoms with Crippen LogP contribution >= 0.6 is 11.6 Å². The molecule has 1 aromatic carbocycles. The molecule has 1 aliphatic rings. The molecule has 2 N–H and O–H groups in total. The maximum Gasteiger partial charge on any atom is 0.237 e. The van der Waals surface area contributed by atoms with E-state index in [2.05, 4.69) is 27.4 Å². The number of halogens is 2. The summed E-state index contributed by atoms with van der Waals surface area (Å²) in [6.07, 6.45) is 4.59. The predicted molar refractivity (Wildman–Crippen MR) is 119 cm³/mol. The van der Waals surface area contributed by atoms with Gasteiger partial charge in [-0.2, -0.15) is 0 Å². The molecule has 0 aliphatic carbocycles. The third-order valence-corrected chi connectivity index (χ3v) is 5.38. The summed E-state index contributed by atoms with van der Waals surface area (Å²) in [5, 5.41) is 4.28. The number of hydrogen-bond acceptors (Lipinski definition) is 4. The Morgan fingerprint density at radius 2 is 2.17 bits per heavy atom. The Bertz CT molecular complexity index is 1120. The highest BCUT2D eigenvalue weighted by atomic mass is 35.5. The minimum absolute atomic E-state index is 0.0702. The van der Waals surface area contributed by atoms with Crippen LogP contribution < -0.4 is 5.32 Å². The summed E-state index contributed by atoms with van der Waals surface area (Å²) in [5.74, 6) is -0.313. The van der Waals surface area contributed by atoms with Crippen LogP contribution in [-0.4, -0.2) is 59.4 Å². The first kappa shape index (κ1) is 20.4. The van der Waals surface area contributed by atoms with Crippen molar-refractivity contribution in [3.05, 3.63) is 59.1 Å². The van der Waals surface area contributed by atoms with Crippen LogP contribution in [0, 0.1) is 5.82 Å². The number of nitrogens with one attached hydrogen (secondary N) is 2. The van der Waals surface area contributed by atoms with E-state index < -0.39 is 5.82 Å². The molecule has 1 aliphatic heterocycles. The number of benzene rings is 1. The van der Waals surface area contributed by atoms with Crippen molar-refractivity contribution in [1.29, 1.82) is 0 Å². The van der Waals surface area contributed by atoms with Crippen LogP contribution in [0.5, 0.6) is 0 Å². The quantitative estimate of drug-likeness (QED) is 0.638. The summed E-state index contributed by atoms with van der Waals surface area (Å²) in [4.78, 5) is 23.8. The van der Waals surface area contributed by atoms with Crippen molar-refractivity contribution in [3.8, 4) is 0 Å². The monoisotopic (exact) mass is 427 g/mol. The van der Waals surface area contributed by atoms with E-state index in [4.69, 9.17) is 11.6 Å². The summed E-state index contributed by atoms with van der Waals surface area (Å²) in [5.41, 5.74) is 4.46. The zero-order chi connectivity index (χ0) is 21.3. The van der Waals surface area contributed by atoms with Crippen molar-refractivity contribution >= 4 is 45.5 Å². The third-order valence-electron chi connectivity index (χ3n) is 5.09. The van der Waals surface area contributed by atoms with E-state index in [9.17, 15) is 9.18 Å². The molecule has 4 rings (SSSR count). The maximum absolute atomic E-state index is 13.4. The normalized spacial score (nSPS) is 14.3. The first-order valence-corrected chi connectivity index (χ1v) is 10.1. The molecule has 0 fully saturated rings. The number of carbonyl (C=O) groups excluding carboxylic acids is 1. The van der Waals surface area contributed by atoms with Gasteiger partial charge in [0.05, 0.1) is 17.3 Å². The van der Waals surface area contributed by atoms with Gasteiger partial charge in [-0.1, -0.05) is 17.7 Å². The molecule has 3 aromatic rings. The summed E-state index contributed by atoms with van der Waals surface area (Å²) < 4.78 is 13.4. The number of pyridine rings is 1. The predicted octanol–water partition coefficient (Wildman–Crippen LogP) is 4.28. The Morgan fingerprint density at radius 3 is 2.87 bits per heavy atom. The Kier molecular flexibility index (Phi) is 5.74. The summed E-state index contributed by atoms with van der Waals surface area (Å²) >= 11 is 5.89. The van der Waals surface area contributed by atoms with Crippen LogP contribution in [0.1, 0.15) is 12.1 Å². The van der Waals surface area contributed by atoms with Crippen LogP contribution in [0.4, 0.5) is 15.8 Å². The highest BCUT2D eigenvalue weighted by molar-refractivity contribution is 6.31. The SMILES string of the molecule is CN(C)CC(=O)N1CC=C(c2cc3c(Nc4ccc(F)c(Cl)c4)ccnc3[nH]2)CC1. The second-order valence-electron chi connectivity index (χ2n) is 7.61. The molecular formula is C22H23ClFN5O. The van der Waals surface area contributed by atoms with Crippen molar-refractivity contribution in [2.45, 2.75) is 6.42 Å². The van der Waals surface area contributed by atoms with Gasteiger partial charge in [-0.3, -0.25) is 4.79 Å². The van der Waals surface area contributed by atoms with E-state index in [1.807, 2.05) is 30.0 Å². The Hall–Kier alpha value is -2.90. The molecule has 0 unspecified atom stereocenters. The molecule has 0 atom stereocenters. The van der Waals surface area contributed by atoms with E-state index >= 15 is 0 Å². The van der Waals surface area contributed by atoms with Crippen molar-refractivity contribution in [2.24, 2.45) is 0 Å². The minimum atomic E-state index is -0.451. The molecule has 6 nitrogen and oxygen atoms in total. The van der Waals surface area contributed by atoms with Gasteiger partial charge in [0, 0.05) is 36.1 Å². The van der Waals surface area contributed by atoms with E-state index in [0.29, 0.717) is 25.3 Å². The van der Waals surface area contributed by atoms with Crippen LogP contribution in [-0.2, 0) is 4.79 Å². The van der Waals surface area contributed by atoms with Crippen molar-refractivity contribution in [2.75, 3.05) is 39.0 Å². The molecule has 0 spiro atoms. The number of rotatable bonds is 5. The fourth-order valence-electron chi connectivity index (χ4n) is 3.55. The van der Waals surface area contributed by atoms with Gasteiger partial charge in [0.2, 0.25) is 5.91 Å². The molecule has 0 saturated heterocycles. The largest absolute Gasteiger partial charge is 0.355 e. The summed E-state index contributed by atoms with van der Waals surface area (Å²) in [6.45, 7) is 1.71. The van der Waals surface area contributed by atoms with Gasteiger partial charge < -0.3 is 20.1 Å². The standard InChI is InChI=1S/C22H23ClFN5O/c1-28(2)13-21(30)29-9-6-14(7-10-29)20-12-16-19(5-8-25-22(16)27-20)26-15-3-4-18(24)17(23)11-15/h3-6,8,11-12H,7,9-10,13H2,1-2H3,(H2,25,26,27). The number of aromatic amines is 1. The maximum atomic E-state index is 13.4. The second kappa shape index (κ2) is 8.45. The van der Waals surface area contributed by atoms with Gasteiger partial charge in [0.15, 0.2) is 0 Å². The van der Waals surface area contributed by atoms with Gasteiger partial charge in [0.25, 0.3) is 0 Å². The lowest BCUT2D eigenvalue weighted by atomic mass is 10.0. The number of H-pyrrole nitrogens is 1. The topological polar surface area (TPSA) is 64.3 Å². The highest BCUT2D eigenvalue weighted by Crippen LogP contribution is 2.31. The molecule has 30 heavy (non-hydrogen) atoms. The van der Waals surface area contributed by atoms with Gasteiger partial charge in [0.1, 0.15) is 11.5 Å². The van der Waals surface area contributed by atoms with Crippen molar-refractivity contribution < 1.29 is 9.18 Å². The zero-order valence-electron chi connectivity index (χ0n) is 16.9. The lowest BCUT2D eigenvalue weighted by Gasteiger charge is -2.27. The van der Waals surface area contributed by atoms with E-state index in [-0.39, 0.29) is 10.9 Å². The number of aromatic nitrogens is 2. The van der Waals surface area contributed by atoms with Crippen molar-refractivity contribution in [3.63, 3.8) is 0 Å². The van der Waals surface area contributed by atoms with Crippen LogP contribution in [0.25, 0.3) is 16.6 Å². The lowest BCUT2D eigenvalue weighted by Crippen LogP contribution is -2.40. The number of amides is 1. The van der Waals surface area contributed by atoms with E-state index in [1.54, 1.807) is 18.3 Å². The molecule has 8 heteroatoms. The number of fused-ring (bicyclic) bond motifs is 1. The second-order valence-corrected chi connectivity index (χ2v) is 8.02. The number of nitrogens with zero attached hydrogens (tertiary/aromatic N) is 3. The van der Waals surface area contributed by atoms with Gasteiger partial charge in [-0.25, -0.2) is 9.37 Å². The minimum Gasteiger partial charge on any atom is -0.355 e. The molecule has 156 valence electrons. The van der Waals surface area contributed by atoms with Gasteiger partial charge in [-0.05, 0) is 56.4 Å². The smallest absolute Gasteiger partial charge is 0.237 e. The molecule has 0 radical (unpaired) electrons. The summed E-state index contributed by atoms with van der Waals surface area (Å²) in [7, 11) is 3.79. The van der Waals surface area contributed by atoms with E-state index in [1.165, 1.54) is 6.07 Å². The Labute approximate surface area is 179 Å². The first-order chi connectivity index (χ1) is 14.4. The molecule has 0 saturated carbocycles. The fourth-order valence-corrected chi connectivity index (χ4v) is 3.73. The number of hydrogen-bond donors (Lipinski definition) is 2. The highest BCUT2D eigenvalue weighted by Gasteiger charge is 2.19. The number of carbonyl (C=O) groups is 1. The van der Waals surface area contributed by atoms with Crippen molar-refractivity contribution in [1.82, 2.24) is 19.8 Å². The number of anilines is 2. The first-order valence-electron chi connectivity index (χ1n) is 9.72. The third kappa shape index (κ3) is 4.32. The average Bonchev–Trinajstić information content (AvgIpc) is 3.16. The van der Waals surface area contributed by atoms with Crippen LogP contribution in [0.15, 0.2) is 42.6 Å². The summed E-state index contributed by atoms with van der Waals surface area (Å²) in [6, 6.07) is 8.46. The molecule has 2 aromatic heterocycles. The zero-order valence-corrected chi connectivity index (χ0v) is 17.6. The molecular weight excluding hydrogens is 405 g/mol. The van der Waals surface area contributed by atoms with Crippen LogP contribution in [0.2, 0.25) is 5.02 Å². The van der Waals surface area contributed by atoms with E-state index in [0.717, 1.165) is 34.4 Å². The van der Waals surface area contributed by atoms with Gasteiger partial charge >= 0.3 is 0 Å². The average molecular weight is 428 g/mol. The Balaban J connectivity index is 1.55. The fraction of sp³-hybridized carbons (Fsp3) is 0.273. The molecule has 0 bridgehead atoms. The lowest BCUT2D eigenvalue weighted by molar-refractivity contribution is -0.131. The Morgan fingerprint density at radius 1 is 1.33 bits per heavy atom. The molecule has 3 heterocycles. The van der Waals surface area contributed by atoms with Crippen LogP contribution in [0.3, 0.4) is 0 Å². The molecule has 1 amide bonds.